The standard InChI is InChI=1S/C9H12O/c1-7-4-3-5-9(6-7)8(2)10/h3-5,7H,6H2,1-2H3/t7-/m0/s1. The maximum atomic E-state index is 10.8. The first kappa shape index (κ1) is 7.26. The third-order valence-electron chi connectivity index (χ3n) is 1.73. The van der Waals surface area contributed by atoms with Crippen LogP contribution in [0, 0.1) is 5.92 Å². The molecule has 1 rings (SSSR count). The quantitative estimate of drug-likeness (QED) is 0.539. The van der Waals surface area contributed by atoms with E-state index < -0.39 is 0 Å². The lowest BCUT2D eigenvalue weighted by Gasteiger charge is -2.10. The highest BCUT2D eigenvalue weighted by molar-refractivity contribution is 5.93. The predicted molar refractivity (Wildman–Crippen MR) is 41.7 cm³/mol. The maximum absolute atomic E-state index is 10.8. The summed E-state index contributed by atoms with van der Waals surface area (Å²) in [7, 11) is 0. The molecule has 0 saturated carbocycles. The second-order valence-corrected chi connectivity index (χ2v) is 2.81. The van der Waals surface area contributed by atoms with E-state index in [1.165, 1.54) is 0 Å². The van der Waals surface area contributed by atoms with E-state index in [2.05, 4.69) is 13.0 Å². The highest BCUT2D eigenvalue weighted by atomic mass is 16.1. The second kappa shape index (κ2) is 2.82. The van der Waals surface area contributed by atoms with Crippen LogP contribution in [0.3, 0.4) is 0 Å². The highest BCUT2D eigenvalue weighted by Crippen LogP contribution is 2.17. The Labute approximate surface area is 61.4 Å². The third kappa shape index (κ3) is 1.56. The molecule has 0 aromatic heterocycles. The van der Waals surface area contributed by atoms with Gasteiger partial charge in [0.05, 0.1) is 0 Å². The summed E-state index contributed by atoms with van der Waals surface area (Å²) in [5.74, 6) is 0.736. The molecule has 10 heavy (non-hydrogen) atoms. The van der Waals surface area contributed by atoms with Gasteiger partial charge in [-0.2, -0.15) is 0 Å². The molecule has 1 atom stereocenters. The summed E-state index contributed by atoms with van der Waals surface area (Å²) in [6, 6.07) is 0. The summed E-state index contributed by atoms with van der Waals surface area (Å²) < 4.78 is 0. The number of hydrogen-bond acceptors (Lipinski definition) is 1. The maximum Gasteiger partial charge on any atom is 0.155 e. The van der Waals surface area contributed by atoms with Gasteiger partial charge in [0.2, 0.25) is 0 Å². The first-order valence-corrected chi connectivity index (χ1v) is 3.58. The molecule has 0 bridgehead atoms. The van der Waals surface area contributed by atoms with Gasteiger partial charge in [0.1, 0.15) is 0 Å². The number of ketones is 1. The zero-order valence-electron chi connectivity index (χ0n) is 6.42. The summed E-state index contributed by atoms with van der Waals surface area (Å²) in [5.41, 5.74) is 0.954. The van der Waals surface area contributed by atoms with E-state index in [1.807, 2.05) is 12.2 Å². The van der Waals surface area contributed by atoms with Crippen molar-refractivity contribution in [3.05, 3.63) is 23.8 Å². The number of rotatable bonds is 1. The Kier molecular flexibility index (Phi) is 2.05. The molecule has 0 radical (unpaired) electrons. The van der Waals surface area contributed by atoms with Crippen LogP contribution in [0.15, 0.2) is 23.8 Å². The molecule has 0 fully saturated rings. The Hall–Kier alpha value is -0.850. The van der Waals surface area contributed by atoms with Gasteiger partial charge >= 0.3 is 0 Å². The minimum atomic E-state index is 0.205. The topological polar surface area (TPSA) is 17.1 Å². The third-order valence-corrected chi connectivity index (χ3v) is 1.73. The van der Waals surface area contributed by atoms with Crippen LogP contribution in [0.4, 0.5) is 0 Å². The van der Waals surface area contributed by atoms with E-state index in [0.717, 1.165) is 12.0 Å². The molecule has 0 unspecified atom stereocenters. The van der Waals surface area contributed by atoms with Crippen LogP contribution >= 0.6 is 0 Å². The average molecular weight is 136 g/mol. The fourth-order valence-corrected chi connectivity index (χ4v) is 1.11. The van der Waals surface area contributed by atoms with Crippen LogP contribution in [0.25, 0.3) is 0 Å². The fraction of sp³-hybridized carbons (Fsp3) is 0.444. The van der Waals surface area contributed by atoms with Gasteiger partial charge in [0.25, 0.3) is 0 Å². The largest absolute Gasteiger partial charge is 0.295 e. The number of allylic oxidation sites excluding steroid dienone is 4. The Morgan fingerprint density at radius 1 is 1.70 bits per heavy atom. The van der Waals surface area contributed by atoms with Gasteiger partial charge in [-0.25, -0.2) is 0 Å². The van der Waals surface area contributed by atoms with Gasteiger partial charge in [-0.15, -0.1) is 0 Å². The van der Waals surface area contributed by atoms with E-state index in [-0.39, 0.29) is 5.78 Å². The summed E-state index contributed by atoms with van der Waals surface area (Å²) in [6.45, 7) is 3.74. The van der Waals surface area contributed by atoms with Crippen LogP contribution < -0.4 is 0 Å². The van der Waals surface area contributed by atoms with Gasteiger partial charge in [-0.1, -0.05) is 25.2 Å². The molecule has 0 heterocycles. The molecule has 54 valence electrons. The van der Waals surface area contributed by atoms with Crippen molar-refractivity contribution in [1.29, 1.82) is 0 Å². The van der Waals surface area contributed by atoms with E-state index in [0.29, 0.717) is 5.92 Å². The minimum Gasteiger partial charge on any atom is -0.295 e. The van der Waals surface area contributed by atoms with Crippen LogP contribution in [0.5, 0.6) is 0 Å². The van der Waals surface area contributed by atoms with Crippen molar-refractivity contribution in [3.63, 3.8) is 0 Å². The highest BCUT2D eigenvalue weighted by Gasteiger charge is 2.09. The van der Waals surface area contributed by atoms with Crippen LogP contribution in [0.2, 0.25) is 0 Å². The van der Waals surface area contributed by atoms with Crippen molar-refractivity contribution < 1.29 is 4.79 Å². The lowest BCUT2D eigenvalue weighted by molar-refractivity contribution is -0.113. The molecule has 0 amide bonds. The molecular formula is C9H12O. The Morgan fingerprint density at radius 2 is 2.40 bits per heavy atom. The zero-order chi connectivity index (χ0) is 7.56. The van der Waals surface area contributed by atoms with Gasteiger partial charge in [-0.05, 0) is 24.8 Å². The van der Waals surface area contributed by atoms with Gasteiger partial charge in [0.15, 0.2) is 5.78 Å². The summed E-state index contributed by atoms with van der Waals surface area (Å²) in [5, 5.41) is 0. The van der Waals surface area contributed by atoms with E-state index in [4.69, 9.17) is 0 Å². The smallest absolute Gasteiger partial charge is 0.155 e. The molecule has 0 aromatic rings. The molecule has 0 aromatic carbocycles. The summed E-state index contributed by atoms with van der Waals surface area (Å²) in [4.78, 5) is 10.8. The molecule has 0 spiro atoms. The van der Waals surface area contributed by atoms with Crippen molar-refractivity contribution >= 4 is 5.78 Å². The van der Waals surface area contributed by atoms with Crippen molar-refractivity contribution in [1.82, 2.24) is 0 Å². The number of Topliss-reactive ketones (excluding diaryl/α,β-unsaturated/α-hetero) is 1. The molecule has 0 N–H and O–H groups in total. The molecule has 0 aliphatic heterocycles. The van der Waals surface area contributed by atoms with Gasteiger partial charge in [0, 0.05) is 0 Å². The lowest BCUT2D eigenvalue weighted by atomic mass is 9.94. The van der Waals surface area contributed by atoms with Crippen LogP contribution in [-0.2, 0) is 4.79 Å². The van der Waals surface area contributed by atoms with Crippen LogP contribution in [0.1, 0.15) is 20.3 Å². The summed E-state index contributed by atoms with van der Waals surface area (Å²) in [6.07, 6.45) is 6.89. The Balaban J connectivity index is 2.71. The van der Waals surface area contributed by atoms with Crippen molar-refractivity contribution in [2.45, 2.75) is 20.3 Å². The zero-order valence-corrected chi connectivity index (χ0v) is 6.42. The molecular weight excluding hydrogens is 124 g/mol. The van der Waals surface area contributed by atoms with Crippen molar-refractivity contribution in [2.75, 3.05) is 0 Å². The second-order valence-electron chi connectivity index (χ2n) is 2.81. The van der Waals surface area contributed by atoms with Crippen LogP contribution in [-0.4, -0.2) is 5.78 Å². The van der Waals surface area contributed by atoms with Gasteiger partial charge in [-0.3, -0.25) is 4.79 Å². The van der Waals surface area contributed by atoms with E-state index in [9.17, 15) is 4.79 Å². The predicted octanol–water partition coefficient (Wildman–Crippen LogP) is 2.10. The molecule has 1 nitrogen and oxygen atoms in total. The monoisotopic (exact) mass is 136 g/mol. The summed E-state index contributed by atoms with van der Waals surface area (Å²) >= 11 is 0. The SMILES string of the molecule is CC(=O)C1=CC=C[C@H](C)C1. The number of hydrogen-bond donors (Lipinski definition) is 0. The molecule has 1 aliphatic carbocycles. The Morgan fingerprint density at radius 3 is 2.80 bits per heavy atom. The van der Waals surface area contributed by atoms with E-state index >= 15 is 0 Å². The average Bonchev–Trinajstić information content (AvgIpc) is 1.88. The lowest BCUT2D eigenvalue weighted by Crippen LogP contribution is -2.04. The first-order valence-electron chi connectivity index (χ1n) is 3.58. The Bertz CT molecular complexity index is 199. The van der Waals surface area contributed by atoms with Crippen molar-refractivity contribution in [2.24, 2.45) is 5.92 Å². The molecule has 1 heteroatoms. The first-order chi connectivity index (χ1) is 4.70. The molecule has 1 aliphatic rings. The normalized spacial score (nSPS) is 24.2. The van der Waals surface area contributed by atoms with E-state index in [1.54, 1.807) is 6.92 Å². The van der Waals surface area contributed by atoms with Crippen molar-refractivity contribution in [3.8, 4) is 0 Å². The fourth-order valence-electron chi connectivity index (χ4n) is 1.11. The minimum absolute atomic E-state index is 0.205. The number of carbonyl (C=O) groups excluding carboxylic acids is 1. The molecule has 0 saturated heterocycles. The number of carbonyl (C=O) groups is 1. The van der Waals surface area contributed by atoms with Gasteiger partial charge < -0.3 is 0 Å².